The quantitative estimate of drug-likeness (QED) is 0.603. The molecule has 1 rings (SSSR count). The van der Waals surface area contributed by atoms with Crippen LogP contribution in [-0.4, -0.2) is 28.9 Å². The van der Waals surface area contributed by atoms with Crippen LogP contribution in [0.5, 0.6) is 0 Å². The first-order valence-corrected chi connectivity index (χ1v) is 4.17. The van der Waals surface area contributed by atoms with Crippen molar-refractivity contribution in [1.82, 2.24) is 0 Å². The lowest BCUT2D eigenvalue weighted by atomic mass is 10.1. The summed E-state index contributed by atoms with van der Waals surface area (Å²) in [5.41, 5.74) is 0. The van der Waals surface area contributed by atoms with E-state index in [0.717, 1.165) is 5.75 Å². The molecule has 0 amide bonds. The second kappa shape index (κ2) is 2.88. The third-order valence-corrected chi connectivity index (χ3v) is 3.21. The zero-order valence-corrected chi connectivity index (χ0v) is 6.20. The smallest absolute Gasteiger partial charge is 0.117 e. The van der Waals surface area contributed by atoms with E-state index < -0.39 is 6.17 Å². The molecular weight excluding hydrogens is 139 g/mol. The Hall–Kier alpha value is 0.240. The largest absolute Gasteiger partial charge is 0.395 e. The van der Waals surface area contributed by atoms with E-state index in [9.17, 15) is 4.39 Å². The molecule has 0 radical (unpaired) electrons. The van der Waals surface area contributed by atoms with Crippen molar-refractivity contribution in [3.05, 3.63) is 0 Å². The molecule has 0 spiro atoms. The van der Waals surface area contributed by atoms with Crippen molar-refractivity contribution in [3.63, 3.8) is 0 Å². The second-order valence-corrected chi connectivity index (χ2v) is 3.75. The lowest BCUT2D eigenvalue weighted by molar-refractivity contribution is 0.204. The molecule has 1 fully saturated rings. The number of aliphatic hydroxyl groups excluding tert-OH is 1. The third kappa shape index (κ3) is 1.38. The highest BCUT2D eigenvalue weighted by Gasteiger charge is 2.33. The van der Waals surface area contributed by atoms with E-state index in [4.69, 9.17) is 5.11 Å². The van der Waals surface area contributed by atoms with E-state index in [1.54, 1.807) is 0 Å². The third-order valence-electron chi connectivity index (χ3n) is 1.65. The van der Waals surface area contributed by atoms with Gasteiger partial charge in [0.1, 0.15) is 6.17 Å². The van der Waals surface area contributed by atoms with Crippen LogP contribution in [0.15, 0.2) is 0 Å². The zero-order valence-electron chi connectivity index (χ0n) is 5.38. The summed E-state index contributed by atoms with van der Waals surface area (Å²) in [6, 6.07) is 0. The summed E-state index contributed by atoms with van der Waals surface area (Å²) in [4.78, 5) is 0. The summed E-state index contributed by atoms with van der Waals surface area (Å²) < 4.78 is 12.8. The Balaban J connectivity index is 2.41. The average Bonchev–Trinajstić information content (AvgIpc) is 2.15. The van der Waals surface area contributed by atoms with Crippen LogP contribution in [0.4, 0.5) is 4.39 Å². The number of hydrogen-bond donors (Lipinski definition) is 1. The minimum Gasteiger partial charge on any atom is -0.395 e. The molecule has 0 aromatic rings. The topological polar surface area (TPSA) is 20.2 Å². The highest BCUT2D eigenvalue weighted by Crippen LogP contribution is 2.33. The maximum absolute atomic E-state index is 12.8. The maximum atomic E-state index is 12.8. The van der Waals surface area contributed by atoms with Crippen LogP contribution >= 0.6 is 11.8 Å². The lowest BCUT2D eigenvalue weighted by Gasteiger charge is -2.09. The van der Waals surface area contributed by atoms with E-state index in [2.05, 4.69) is 0 Å². The number of halogens is 1. The molecular formula is C6H11FOS. The van der Waals surface area contributed by atoms with Gasteiger partial charge in [0.05, 0.1) is 11.9 Å². The lowest BCUT2D eigenvalue weighted by Crippen LogP contribution is -2.21. The molecule has 1 nitrogen and oxygen atoms in total. The summed E-state index contributed by atoms with van der Waals surface area (Å²) >= 11 is 1.53. The molecule has 0 aromatic carbocycles. The fraction of sp³-hybridized carbons (Fsp3) is 1.00. The Labute approximate surface area is 58.6 Å². The normalized spacial score (nSPS) is 43.7. The van der Waals surface area contributed by atoms with Gasteiger partial charge in [0.25, 0.3) is 0 Å². The number of hydrogen-bond acceptors (Lipinski definition) is 2. The summed E-state index contributed by atoms with van der Waals surface area (Å²) in [6.45, 7) is 1.86. The van der Waals surface area contributed by atoms with E-state index >= 15 is 0 Å². The van der Waals surface area contributed by atoms with Gasteiger partial charge in [-0.1, -0.05) is 6.92 Å². The van der Waals surface area contributed by atoms with Gasteiger partial charge in [0.15, 0.2) is 0 Å². The van der Waals surface area contributed by atoms with Crippen molar-refractivity contribution in [2.24, 2.45) is 5.92 Å². The monoisotopic (exact) mass is 150 g/mol. The molecule has 54 valence electrons. The van der Waals surface area contributed by atoms with Gasteiger partial charge in [-0.3, -0.25) is 0 Å². The van der Waals surface area contributed by atoms with Gasteiger partial charge in [0, 0.05) is 0 Å². The first-order valence-electron chi connectivity index (χ1n) is 3.12. The van der Waals surface area contributed by atoms with E-state index in [1.165, 1.54) is 11.8 Å². The standard InChI is InChI=1S/C6H11FOS/c1-4-3-9-5(2-8)6(4)7/h4-6,8H,2-3H2,1H3. The highest BCUT2D eigenvalue weighted by atomic mass is 32.2. The van der Waals surface area contributed by atoms with Gasteiger partial charge in [0.2, 0.25) is 0 Å². The van der Waals surface area contributed by atoms with E-state index in [-0.39, 0.29) is 17.8 Å². The molecule has 1 aliphatic heterocycles. The van der Waals surface area contributed by atoms with Crippen LogP contribution in [0.3, 0.4) is 0 Å². The Morgan fingerprint density at radius 1 is 1.78 bits per heavy atom. The minimum atomic E-state index is -0.792. The Kier molecular flexibility index (Phi) is 2.35. The van der Waals surface area contributed by atoms with Gasteiger partial charge < -0.3 is 5.11 Å². The van der Waals surface area contributed by atoms with Crippen molar-refractivity contribution in [2.75, 3.05) is 12.4 Å². The molecule has 3 unspecified atom stereocenters. The van der Waals surface area contributed by atoms with Gasteiger partial charge in [-0.2, -0.15) is 11.8 Å². The van der Waals surface area contributed by atoms with Crippen LogP contribution in [0, 0.1) is 5.92 Å². The Bertz CT molecular complexity index is 99.1. The molecule has 9 heavy (non-hydrogen) atoms. The van der Waals surface area contributed by atoms with Crippen molar-refractivity contribution in [1.29, 1.82) is 0 Å². The van der Waals surface area contributed by atoms with Gasteiger partial charge in [-0.15, -0.1) is 0 Å². The SMILES string of the molecule is CC1CSC(CO)C1F. The number of thioether (sulfide) groups is 1. The molecule has 1 aliphatic rings. The molecule has 0 bridgehead atoms. The van der Waals surface area contributed by atoms with Gasteiger partial charge >= 0.3 is 0 Å². The van der Waals surface area contributed by atoms with Crippen molar-refractivity contribution in [3.8, 4) is 0 Å². The van der Waals surface area contributed by atoms with Crippen LogP contribution < -0.4 is 0 Å². The molecule has 0 saturated carbocycles. The molecule has 0 aromatic heterocycles. The van der Waals surface area contributed by atoms with Gasteiger partial charge in [-0.25, -0.2) is 4.39 Å². The number of rotatable bonds is 1. The Morgan fingerprint density at radius 2 is 2.44 bits per heavy atom. The van der Waals surface area contributed by atoms with Crippen molar-refractivity contribution >= 4 is 11.8 Å². The number of aliphatic hydroxyl groups is 1. The second-order valence-electron chi connectivity index (χ2n) is 2.48. The highest BCUT2D eigenvalue weighted by molar-refractivity contribution is 8.00. The van der Waals surface area contributed by atoms with Crippen LogP contribution in [0.1, 0.15) is 6.92 Å². The van der Waals surface area contributed by atoms with Crippen molar-refractivity contribution in [2.45, 2.75) is 18.3 Å². The van der Waals surface area contributed by atoms with Crippen LogP contribution in [-0.2, 0) is 0 Å². The molecule has 1 saturated heterocycles. The molecule has 1 N–H and O–H groups in total. The summed E-state index contributed by atoms with van der Waals surface area (Å²) in [7, 11) is 0. The fourth-order valence-electron chi connectivity index (χ4n) is 0.979. The predicted octanol–water partition coefficient (Wildman–Crippen LogP) is 1.07. The summed E-state index contributed by atoms with van der Waals surface area (Å²) in [5, 5.41) is 8.44. The molecule has 1 heterocycles. The predicted molar refractivity (Wildman–Crippen MR) is 37.4 cm³/mol. The maximum Gasteiger partial charge on any atom is 0.117 e. The molecule has 0 aliphatic carbocycles. The van der Waals surface area contributed by atoms with Crippen LogP contribution in [0.2, 0.25) is 0 Å². The zero-order chi connectivity index (χ0) is 6.85. The summed E-state index contributed by atoms with van der Waals surface area (Å²) in [6.07, 6.45) is -0.792. The first kappa shape index (κ1) is 7.35. The summed E-state index contributed by atoms with van der Waals surface area (Å²) in [5.74, 6) is 0.985. The van der Waals surface area contributed by atoms with E-state index in [0.29, 0.717) is 0 Å². The molecule has 3 heteroatoms. The van der Waals surface area contributed by atoms with Gasteiger partial charge in [-0.05, 0) is 11.7 Å². The fourth-order valence-corrected chi connectivity index (χ4v) is 2.27. The minimum absolute atomic E-state index is 0.0177. The Morgan fingerprint density at radius 3 is 2.67 bits per heavy atom. The first-order chi connectivity index (χ1) is 4.25. The van der Waals surface area contributed by atoms with Crippen molar-refractivity contribution < 1.29 is 9.50 Å². The van der Waals surface area contributed by atoms with E-state index in [1.807, 2.05) is 6.92 Å². The number of alkyl halides is 1. The molecule has 3 atom stereocenters. The van der Waals surface area contributed by atoms with Crippen LogP contribution in [0.25, 0.3) is 0 Å². The average molecular weight is 150 g/mol.